The second-order valence-corrected chi connectivity index (χ2v) is 20.6. The number of hydrogen-bond donors (Lipinski definition) is 4. The normalized spacial score (nSPS) is 20.4. The Kier molecular flexibility index (Phi) is 18.0. The first kappa shape index (κ1) is 55.3. The van der Waals surface area contributed by atoms with Crippen LogP contribution in [0.3, 0.4) is 0 Å². The third-order valence-electron chi connectivity index (χ3n) is 15.0. The van der Waals surface area contributed by atoms with Crippen molar-refractivity contribution in [3.05, 3.63) is 228 Å². The number of nitrogens with zero attached hydrogens (tertiary/aromatic N) is 8. The van der Waals surface area contributed by atoms with Crippen molar-refractivity contribution in [1.82, 2.24) is 39.0 Å². The minimum atomic E-state index is -0.756. The van der Waals surface area contributed by atoms with Crippen LogP contribution in [0.1, 0.15) is 58.3 Å². The van der Waals surface area contributed by atoms with Gasteiger partial charge in [-0.1, -0.05) is 182 Å². The highest BCUT2D eigenvalue weighted by molar-refractivity contribution is 5.78. The maximum absolute atomic E-state index is 11.6. The summed E-state index contributed by atoms with van der Waals surface area (Å²) in [5.41, 5.74) is 20.5. The molecule has 8 atom stereocenters. The molecule has 6 N–H and O–H groups in total. The number of nitrogens with two attached hydrogens (primary N) is 2. The Bertz CT molecular complexity index is 3330. The summed E-state index contributed by atoms with van der Waals surface area (Å²) in [4.78, 5) is 26.7. The minimum absolute atomic E-state index is 0.0782. The fourth-order valence-electron chi connectivity index (χ4n) is 10.7. The zero-order chi connectivity index (χ0) is 56.0. The quantitative estimate of drug-likeness (QED) is 0.0495. The number of benzene rings is 6. The van der Waals surface area contributed by atoms with Gasteiger partial charge in [0.1, 0.15) is 13.2 Å². The van der Waals surface area contributed by atoms with Crippen molar-refractivity contribution in [3.8, 4) is 11.8 Å². The molecule has 0 aliphatic heterocycles. The summed E-state index contributed by atoms with van der Waals surface area (Å²) in [6.07, 6.45) is 2.47. The molecule has 4 unspecified atom stereocenters. The van der Waals surface area contributed by atoms with Crippen LogP contribution < -0.4 is 20.9 Å². The van der Waals surface area contributed by atoms with Crippen molar-refractivity contribution in [2.24, 2.45) is 11.8 Å². The van der Waals surface area contributed by atoms with E-state index in [9.17, 15) is 10.2 Å². The highest BCUT2D eigenvalue weighted by atomic mass is 16.5. The summed E-state index contributed by atoms with van der Waals surface area (Å²) in [5, 5.41) is 23.2. The molecule has 0 bridgehead atoms. The number of nitrogen functional groups attached to an aromatic ring is 2. The van der Waals surface area contributed by atoms with Gasteiger partial charge in [0.15, 0.2) is 22.3 Å². The average Bonchev–Trinajstić information content (AvgIpc) is 4.50. The third kappa shape index (κ3) is 13.6. The lowest BCUT2D eigenvalue weighted by Crippen LogP contribution is -2.31. The number of aliphatic hydroxyl groups is 2. The van der Waals surface area contributed by atoms with Crippen LogP contribution in [-0.4, -0.2) is 86.9 Å². The first-order valence-corrected chi connectivity index (χ1v) is 27.6. The lowest BCUT2D eigenvalue weighted by atomic mass is 10.0. The molecule has 10 aromatic rings. The number of ether oxygens (including phenoxy) is 6. The van der Waals surface area contributed by atoms with Crippen LogP contribution in [0.5, 0.6) is 11.8 Å². The van der Waals surface area contributed by atoms with E-state index >= 15 is 0 Å². The van der Waals surface area contributed by atoms with Crippen LogP contribution in [0.15, 0.2) is 195 Å². The second-order valence-electron chi connectivity index (χ2n) is 20.6. The average molecular weight is 1100 g/mol. The summed E-state index contributed by atoms with van der Waals surface area (Å²) < 4.78 is 40.7. The summed E-state index contributed by atoms with van der Waals surface area (Å²) >= 11 is 0. The van der Waals surface area contributed by atoms with Crippen molar-refractivity contribution in [2.75, 3.05) is 24.7 Å². The predicted molar refractivity (Wildman–Crippen MR) is 310 cm³/mol. The SMILES string of the molecule is Nc1nc(OCc2ccccc2)c2ncn(C3CC(OCc4ccccc4)C(COCc4ccccc4)C3O)c2n1.Nc1nc(OCc2ccccc2)c2ncn([C@H]3C[C@@H](OCc4ccccc4)[C@H](COCc4ccccc4)[C@@H]3O)c2n1. The standard InChI is InChI=1S/2C32H33N5O4/c2*33-32-35-30-28(31(36-32)41-19-24-14-8-3-9-15-24)34-21-37(30)26-16-27(40-18-23-12-6-2-7-13-23)25(29(26)38)20-39-17-22-10-4-1-5-11-22/h2*1-15,21,25-27,29,38H,16-20H2,(H2,33,35,36)/t25-,26-,27+,29-;/m0./s1. The topological polar surface area (TPSA) is 235 Å². The van der Waals surface area contributed by atoms with E-state index in [0.29, 0.717) is 99.8 Å². The molecule has 2 aliphatic rings. The summed E-state index contributed by atoms with van der Waals surface area (Å²) in [6.45, 7) is 3.14. The molecular formula is C64H66N10O8. The fourth-order valence-corrected chi connectivity index (χ4v) is 10.7. The Balaban J connectivity index is 0.000000172. The molecule has 6 aromatic carbocycles. The van der Waals surface area contributed by atoms with Gasteiger partial charge in [0.25, 0.3) is 0 Å². The number of fused-ring (bicyclic) bond motifs is 2. The van der Waals surface area contributed by atoms with Crippen LogP contribution >= 0.6 is 0 Å². The predicted octanol–water partition coefficient (Wildman–Crippen LogP) is 9.42. The van der Waals surface area contributed by atoms with Crippen molar-refractivity contribution < 1.29 is 38.6 Å². The van der Waals surface area contributed by atoms with E-state index in [4.69, 9.17) is 39.9 Å². The van der Waals surface area contributed by atoms with E-state index in [2.05, 4.69) is 29.9 Å². The van der Waals surface area contributed by atoms with Gasteiger partial charge in [-0.05, 0) is 46.2 Å². The van der Waals surface area contributed by atoms with E-state index in [0.717, 1.165) is 33.4 Å². The van der Waals surface area contributed by atoms with Gasteiger partial charge in [0.2, 0.25) is 23.7 Å². The third-order valence-corrected chi connectivity index (χ3v) is 15.0. The molecule has 2 fully saturated rings. The van der Waals surface area contributed by atoms with Crippen molar-refractivity contribution in [1.29, 1.82) is 0 Å². The van der Waals surface area contributed by atoms with Gasteiger partial charge >= 0.3 is 0 Å². The molecule has 4 aromatic heterocycles. The Morgan fingerprint density at radius 2 is 0.707 bits per heavy atom. The van der Waals surface area contributed by atoms with Gasteiger partial charge in [0, 0.05) is 11.8 Å². The number of anilines is 2. The Hall–Kier alpha value is -8.62. The number of imidazole rings is 2. The zero-order valence-electron chi connectivity index (χ0n) is 45.2. The first-order chi connectivity index (χ1) is 40.3. The van der Waals surface area contributed by atoms with E-state index in [-0.39, 0.29) is 48.0 Å². The molecule has 2 aliphatic carbocycles. The molecule has 0 amide bonds. The molecule has 4 heterocycles. The number of rotatable bonds is 22. The molecule has 420 valence electrons. The van der Waals surface area contributed by atoms with E-state index in [1.54, 1.807) is 12.7 Å². The van der Waals surface area contributed by atoms with Gasteiger partial charge < -0.3 is 59.2 Å². The Morgan fingerprint density at radius 3 is 1.04 bits per heavy atom. The second kappa shape index (κ2) is 26.8. The maximum Gasteiger partial charge on any atom is 0.247 e. The number of hydrogen-bond acceptors (Lipinski definition) is 16. The molecular weight excluding hydrogens is 1040 g/mol. The van der Waals surface area contributed by atoms with Crippen LogP contribution in [0.4, 0.5) is 11.9 Å². The van der Waals surface area contributed by atoms with Crippen LogP contribution in [0.25, 0.3) is 22.3 Å². The first-order valence-electron chi connectivity index (χ1n) is 27.6. The molecule has 0 radical (unpaired) electrons. The van der Waals surface area contributed by atoms with E-state index in [1.807, 2.05) is 191 Å². The monoisotopic (exact) mass is 1100 g/mol. The Labute approximate surface area is 475 Å². The molecule has 18 nitrogen and oxygen atoms in total. The maximum atomic E-state index is 11.6. The molecule has 18 heteroatoms. The molecule has 82 heavy (non-hydrogen) atoms. The van der Waals surface area contributed by atoms with Gasteiger partial charge in [-0.15, -0.1) is 0 Å². The van der Waals surface area contributed by atoms with Crippen molar-refractivity contribution in [3.63, 3.8) is 0 Å². The smallest absolute Gasteiger partial charge is 0.247 e. The number of aliphatic hydroxyl groups excluding tert-OH is 2. The summed E-state index contributed by atoms with van der Waals surface area (Å²) in [7, 11) is 0. The number of aromatic nitrogens is 8. The van der Waals surface area contributed by atoms with Gasteiger partial charge in [-0.3, -0.25) is 0 Å². The summed E-state index contributed by atoms with van der Waals surface area (Å²) in [6, 6.07) is 59.0. The largest absolute Gasteiger partial charge is 0.471 e. The van der Waals surface area contributed by atoms with Gasteiger partial charge in [-0.2, -0.15) is 19.9 Å². The molecule has 12 rings (SSSR count). The van der Waals surface area contributed by atoms with Crippen LogP contribution in [0.2, 0.25) is 0 Å². The van der Waals surface area contributed by atoms with Gasteiger partial charge in [-0.25, -0.2) is 9.97 Å². The lowest BCUT2D eigenvalue weighted by Gasteiger charge is -2.23. The van der Waals surface area contributed by atoms with E-state index < -0.39 is 12.2 Å². The van der Waals surface area contributed by atoms with Crippen LogP contribution in [0, 0.1) is 11.8 Å². The lowest BCUT2D eigenvalue weighted by molar-refractivity contribution is -0.0477. The molecule has 0 spiro atoms. The highest BCUT2D eigenvalue weighted by Crippen LogP contribution is 2.42. The molecule has 2 saturated carbocycles. The van der Waals surface area contributed by atoms with Crippen molar-refractivity contribution in [2.45, 2.75) is 89.0 Å². The summed E-state index contributed by atoms with van der Waals surface area (Å²) in [5.74, 6) is 0.268. The van der Waals surface area contributed by atoms with E-state index in [1.165, 1.54) is 0 Å². The van der Waals surface area contributed by atoms with Crippen molar-refractivity contribution >= 4 is 34.2 Å². The molecule has 0 saturated heterocycles. The minimum Gasteiger partial charge on any atom is -0.471 e. The zero-order valence-corrected chi connectivity index (χ0v) is 45.2. The Morgan fingerprint density at radius 1 is 0.402 bits per heavy atom. The van der Waals surface area contributed by atoms with Crippen LogP contribution in [-0.2, 0) is 58.6 Å². The fraction of sp³-hybridized carbons (Fsp3) is 0.281. The van der Waals surface area contributed by atoms with Gasteiger partial charge in [0.05, 0.1) is 88.8 Å². The highest BCUT2D eigenvalue weighted by Gasteiger charge is 2.46.